The van der Waals surface area contributed by atoms with Gasteiger partial charge in [0.15, 0.2) is 0 Å². The molecule has 1 unspecified atom stereocenters. The predicted octanol–water partition coefficient (Wildman–Crippen LogP) is 4.42. The molecule has 1 aliphatic carbocycles. The standard InChI is InChI=1S/C17H26ClNO/c1-19(16-6-4-2-3-5-7-16)13-12-17(20)14-8-10-15(18)11-9-14/h8-11,16-17,20H,2-7,12-13H2,1H3. The van der Waals surface area contributed by atoms with Gasteiger partial charge in [-0.05, 0) is 44.0 Å². The highest BCUT2D eigenvalue weighted by Gasteiger charge is 2.18. The molecule has 0 spiro atoms. The number of halogens is 1. The van der Waals surface area contributed by atoms with Crippen LogP contribution >= 0.6 is 11.6 Å². The van der Waals surface area contributed by atoms with Gasteiger partial charge in [-0.2, -0.15) is 0 Å². The lowest BCUT2D eigenvalue weighted by Crippen LogP contribution is -2.32. The summed E-state index contributed by atoms with van der Waals surface area (Å²) in [5, 5.41) is 11.0. The summed E-state index contributed by atoms with van der Waals surface area (Å²) in [6, 6.07) is 8.22. The molecule has 0 saturated heterocycles. The van der Waals surface area contributed by atoms with E-state index in [1.807, 2.05) is 24.3 Å². The van der Waals surface area contributed by atoms with Gasteiger partial charge in [-0.15, -0.1) is 0 Å². The Labute approximate surface area is 127 Å². The molecule has 20 heavy (non-hydrogen) atoms. The first-order valence-electron chi connectivity index (χ1n) is 7.80. The summed E-state index contributed by atoms with van der Waals surface area (Å²) in [5.74, 6) is 0. The second-order valence-electron chi connectivity index (χ2n) is 5.98. The van der Waals surface area contributed by atoms with Crippen LogP contribution in [0.15, 0.2) is 24.3 Å². The van der Waals surface area contributed by atoms with Crippen molar-refractivity contribution in [2.75, 3.05) is 13.6 Å². The monoisotopic (exact) mass is 295 g/mol. The van der Waals surface area contributed by atoms with E-state index in [0.29, 0.717) is 6.04 Å². The van der Waals surface area contributed by atoms with Crippen molar-refractivity contribution in [3.63, 3.8) is 0 Å². The van der Waals surface area contributed by atoms with E-state index in [-0.39, 0.29) is 6.10 Å². The average Bonchev–Trinajstić information content (AvgIpc) is 2.74. The number of aliphatic hydroxyl groups is 1. The van der Waals surface area contributed by atoms with E-state index in [2.05, 4.69) is 11.9 Å². The van der Waals surface area contributed by atoms with Gasteiger partial charge in [0.05, 0.1) is 6.10 Å². The van der Waals surface area contributed by atoms with E-state index in [0.717, 1.165) is 23.6 Å². The van der Waals surface area contributed by atoms with Gasteiger partial charge in [0.25, 0.3) is 0 Å². The second-order valence-corrected chi connectivity index (χ2v) is 6.42. The van der Waals surface area contributed by atoms with Crippen LogP contribution in [0, 0.1) is 0 Å². The number of hydrogen-bond donors (Lipinski definition) is 1. The first-order valence-corrected chi connectivity index (χ1v) is 8.18. The molecule has 1 aromatic rings. The number of hydrogen-bond acceptors (Lipinski definition) is 2. The number of rotatable bonds is 5. The maximum absolute atomic E-state index is 10.2. The third-order valence-corrected chi connectivity index (χ3v) is 4.71. The van der Waals surface area contributed by atoms with Gasteiger partial charge in [0, 0.05) is 17.6 Å². The van der Waals surface area contributed by atoms with Gasteiger partial charge in [-0.3, -0.25) is 0 Å². The maximum atomic E-state index is 10.2. The molecule has 112 valence electrons. The Morgan fingerprint density at radius 2 is 1.75 bits per heavy atom. The second kappa shape index (κ2) is 8.02. The summed E-state index contributed by atoms with van der Waals surface area (Å²) in [4.78, 5) is 2.43. The molecule has 0 heterocycles. The minimum Gasteiger partial charge on any atom is -0.388 e. The summed E-state index contributed by atoms with van der Waals surface area (Å²) in [6.45, 7) is 0.953. The summed E-state index contributed by atoms with van der Waals surface area (Å²) < 4.78 is 0. The predicted molar refractivity (Wildman–Crippen MR) is 85.1 cm³/mol. The molecule has 0 aliphatic heterocycles. The Morgan fingerprint density at radius 1 is 1.15 bits per heavy atom. The quantitative estimate of drug-likeness (QED) is 0.813. The molecule has 0 aromatic heterocycles. The van der Waals surface area contributed by atoms with E-state index in [1.165, 1.54) is 38.5 Å². The van der Waals surface area contributed by atoms with Gasteiger partial charge in [-0.25, -0.2) is 0 Å². The van der Waals surface area contributed by atoms with Crippen LogP contribution in [0.1, 0.15) is 56.6 Å². The lowest BCUT2D eigenvalue weighted by Gasteiger charge is -2.28. The molecule has 2 rings (SSSR count). The zero-order valence-electron chi connectivity index (χ0n) is 12.4. The molecule has 1 aromatic carbocycles. The van der Waals surface area contributed by atoms with Crippen LogP contribution in [-0.4, -0.2) is 29.6 Å². The molecule has 0 bridgehead atoms. The maximum Gasteiger partial charge on any atom is 0.0802 e. The molecular weight excluding hydrogens is 270 g/mol. The van der Waals surface area contributed by atoms with E-state index < -0.39 is 0 Å². The van der Waals surface area contributed by atoms with Crippen molar-refractivity contribution < 1.29 is 5.11 Å². The highest BCUT2D eigenvalue weighted by molar-refractivity contribution is 6.30. The van der Waals surface area contributed by atoms with Gasteiger partial charge in [0.1, 0.15) is 0 Å². The molecule has 1 atom stereocenters. The summed E-state index contributed by atoms with van der Waals surface area (Å²) in [7, 11) is 2.20. The van der Waals surface area contributed by atoms with E-state index in [9.17, 15) is 5.11 Å². The van der Waals surface area contributed by atoms with Gasteiger partial charge in [-0.1, -0.05) is 49.4 Å². The van der Waals surface area contributed by atoms with Crippen LogP contribution < -0.4 is 0 Å². The van der Waals surface area contributed by atoms with Crippen LogP contribution in [0.25, 0.3) is 0 Å². The number of aliphatic hydroxyl groups excluding tert-OH is 1. The van der Waals surface area contributed by atoms with Gasteiger partial charge >= 0.3 is 0 Å². The topological polar surface area (TPSA) is 23.5 Å². The van der Waals surface area contributed by atoms with Crippen LogP contribution in [0.5, 0.6) is 0 Å². The Hall–Kier alpha value is -0.570. The van der Waals surface area contributed by atoms with Crippen LogP contribution in [0.2, 0.25) is 5.02 Å². The zero-order chi connectivity index (χ0) is 14.4. The van der Waals surface area contributed by atoms with Gasteiger partial charge in [0.2, 0.25) is 0 Å². The van der Waals surface area contributed by atoms with Crippen LogP contribution in [0.4, 0.5) is 0 Å². The van der Waals surface area contributed by atoms with Gasteiger partial charge < -0.3 is 10.0 Å². The zero-order valence-corrected chi connectivity index (χ0v) is 13.1. The number of benzene rings is 1. The fourth-order valence-electron chi connectivity index (χ4n) is 3.06. The van der Waals surface area contributed by atoms with Crippen LogP contribution in [0.3, 0.4) is 0 Å². The molecule has 1 aliphatic rings. The van der Waals surface area contributed by atoms with Crippen molar-refractivity contribution in [3.8, 4) is 0 Å². The fourth-order valence-corrected chi connectivity index (χ4v) is 3.18. The van der Waals surface area contributed by atoms with Crippen molar-refractivity contribution >= 4 is 11.6 Å². The first-order chi connectivity index (χ1) is 9.66. The lowest BCUT2D eigenvalue weighted by atomic mass is 10.0. The molecule has 1 fully saturated rings. The fraction of sp³-hybridized carbons (Fsp3) is 0.647. The minimum atomic E-state index is -0.388. The molecule has 0 radical (unpaired) electrons. The first kappa shape index (κ1) is 15.8. The van der Waals surface area contributed by atoms with Crippen molar-refractivity contribution in [1.82, 2.24) is 4.90 Å². The van der Waals surface area contributed by atoms with E-state index in [1.54, 1.807) is 0 Å². The molecular formula is C17H26ClNO. The molecule has 1 saturated carbocycles. The van der Waals surface area contributed by atoms with Crippen molar-refractivity contribution in [2.45, 2.75) is 57.1 Å². The molecule has 1 N–H and O–H groups in total. The van der Waals surface area contributed by atoms with Crippen LogP contribution in [-0.2, 0) is 0 Å². The third kappa shape index (κ3) is 4.76. The summed E-state index contributed by atoms with van der Waals surface area (Å²) in [5.41, 5.74) is 0.962. The molecule has 2 nitrogen and oxygen atoms in total. The van der Waals surface area contributed by atoms with Crippen molar-refractivity contribution in [2.24, 2.45) is 0 Å². The van der Waals surface area contributed by atoms with E-state index >= 15 is 0 Å². The highest BCUT2D eigenvalue weighted by Crippen LogP contribution is 2.23. The Morgan fingerprint density at radius 3 is 2.35 bits per heavy atom. The lowest BCUT2D eigenvalue weighted by molar-refractivity contribution is 0.132. The summed E-state index contributed by atoms with van der Waals surface area (Å²) >= 11 is 5.87. The normalized spacial score (nSPS) is 19.0. The summed E-state index contributed by atoms with van der Waals surface area (Å²) in [6.07, 6.45) is 8.51. The third-order valence-electron chi connectivity index (χ3n) is 4.46. The smallest absolute Gasteiger partial charge is 0.0802 e. The minimum absolute atomic E-state index is 0.388. The molecule has 0 amide bonds. The molecule has 3 heteroatoms. The van der Waals surface area contributed by atoms with Crippen molar-refractivity contribution in [1.29, 1.82) is 0 Å². The largest absolute Gasteiger partial charge is 0.388 e. The SMILES string of the molecule is CN(CCC(O)c1ccc(Cl)cc1)C1CCCCCC1. The Balaban J connectivity index is 1.79. The Kier molecular flexibility index (Phi) is 6.34. The van der Waals surface area contributed by atoms with Crippen molar-refractivity contribution in [3.05, 3.63) is 34.9 Å². The average molecular weight is 296 g/mol. The highest BCUT2D eigenvalue weighted by atomic mass is 35.5. The Bertz CT molecular complexity index is 384. The van der Waals surface area contributed by atoms with E-state index in [4.69, 9.17) is 11.6 Å². The number of nitrogens with zero attached hydrogens (tertiary/aromatic N) is 1.